The maximum atomic E-state index is 13.6. The van der Waals surface area contributed by atoms with Crippen molar-refractivity contribution in [2.45, 2.75) is 97.8 Å². The zero-order chi connectivity index (χ0) is 30.9. The summed E-state index contributed by atoms with van der Waals surface area (Å²) in [5.41, 5.74) is 2.27. The molecule has 8 nitrogen and oxygen atoms in total. The van der Waals surface area contributed by atoms with Gasteiger partial charge in [-0.3, -0.25) is 4.79 Å². The number of urea groups is 1. The van der Waals surface area contributed by atoms with Gasteiger partial charge in [0.15, 0.2) is 6.23 Å². The average Bonchev–Trinajstić information content (AvgIpc) is 2.95. The zero-order valence-electron chi connectivity index (χ0n) is 26.2. The quantitative estimate of drug-likeness (QED) is 0.165. The Labute approximate surface area is 251 Å². The number of likely N-dealkylation sites (tertiary alicyclic amines) is 1. The molecule has 8 heteroatoms. The van der Waals surface area contributed by atoms with Gasteiger partial charge in [0.05, 0.1) is 11.6 Å². The minimum Gasteiger partial charge on any atom is -0.478 e. The average molecular weight is 580 g/mol. The van der Waals surface area contributed by atoms with E-state index in [0.29, 0.717) is 30.6 Å². The van der Waals surface area contributed by atoms with Crippen molar-refractivity contribution in [3.63, 3.8) is 0 Å². The fourth-order valence-corrected chi connectivity index (χ4v) is 5.81. The minimum absolute atomic E-state index is 0.228. The fraction of sp³-hybridized carbons (Fsp3) is 0.559. The number of imide groups is 1. The number of benzene rings is 2. The van der Waals surface area contributed by atoms with E-state index >= 15 is 0 Å². The third-order valence-corrected chi connectivity index (χ3v) is 8.54. The Hall–Kier alpha value is -3.39. The maximum absolute atomic E-state index is 13.6. The molecular weight excluding hydrogens is 530 g/mol. The number of ether oxygens (including phenoxy) is 1. The fourth-order valence-electron chi connectivity index (χ4n) is 5.81. The van der Waals surface area contributed by atoms with Crippen LogP contribution in [0.5, 0.6) is 5.75 Å². The van der Waals surface area contributed by atoms with Gasteiger partial charge in [0, 0.05) is 0 Å². The van der Waals surface area contributed by atoms with Gasteiger partial charge in [-0.25, -0.2) is 14.5 Å². The van der Waals surface area contributed by atoms with Crippen LogP contribution in [0.4, 0.5) is 4.79 Å². The summed E-state index contributed by atoms with van der Waals surface area (Å²) in [6.07, 6.45) is 6.58. The number of nitrogens with one attached hydrogen (secondary N) is 1. The highest BCUT2D eigenvalue weighted by molar-refractivity contribution is 6.03. The number of unbranched alkanes of at least 4 members (excludes halogenated alkanes) is 3. The van der Waals surface area contributed by atoms with Gasteiger partial charge in [-0.15, -0.1) is 0 Å². The predicted molar refractivity (Wildman–Crippen MR) is 166 cm³/mol. The molecule has 1 heterocycles. The smallest absolute Gasteiger partial charge is 0.335 e. The zero-order valence-corrected chi connectivity index (χ0v) is 26.2. The molecule has 2 aromatic carbocycles. The number of carbonyl (C=O) groups is 3. The number of nitrogens with zero attached hydrogens (tertiary/aromatic N) is 2. The van der Waals surface area contributed by atoms with Crippen LogP contribution in [0.25, 0.3) is 0 Å². The predicted octanol–water partition coefficient (Wildman–Crippen LogP) is 6.96. The number of amides is 3. The number of aryl methyl sites for hydroxylation is 2. The molecule has 2 unspecified atom stereocenters. The molecule has 0 spiro atoms. The summed E-state index contributed by atoms with van der Waals surface area (Å²) >= 11 is 0. The molecule has 3 rings (SSSR count). The van der Waals surface area contributed by atoms with Crippen LogP contribution in [0.2, 0.25) is 0 Å². The molecule has 230 valence electrons. The van der Waals surface area contributed by atoms with Crippen LogP contribution in [0.3, 0.4) is 0 Å². The third kappa shape index (κ3) is 7.71. The van der Waals surface area contributed by atoms with E-state index in [4.69, 9.17) is 4.74 Å². The summed E-state index contributed by atoms with van der Waals surface area (Å²) in [6, 6.07) is 12.3. The molecule has 3 amide bonds. The van der Waals surface area contributed by atoms with Gasteiger partial charge in [-0.2, -0.15) is 0 Å². The van der Waals surface area contributed by atoms with Gasteiger partial charge < -0.3 is 20.1 Å². The van der Waals surface area contributed by atoms with Crippen molar-refractivity contribution in [1.29, 1.82) is 0 Å². The van der Waals surface area contributed by atoms with Gasteiger partial charge in [-0.05, 0) is 95.4 Å². The van der Waals surface area contributed by atoms with Crippen LogP contribution in [0.1, 0.15) is 105 Å². The number of hydrogen-bond donors (Lipinski definition) is 2. The molecule has 1 saturated heterocycles. The normalized spacial score (nSPS) is 16.7. The number of hydrogen-bond acceptors (Lipinski definition) is 5. The Morgan fingerprint density at radius 2 is 1.69 bits per heavy atom. The van der Waals surface area contributed by atoms with Crippen molar-refractivity contribution >= 4 is 17.9 Å². The standard InChI is InChI=1S/C34H49N3O5/c1-7-14-29(25-18-16-24(4)17-19-25)35-33(41)37-31(40)34(8-2,9-3)32(37)42-27-20-21-28(30(38)39)26(23-27)15-12-10-11-13-22-36(5)6/h16-21,23,29,32H,7-15,22H2,1-6H3,(H,35,41)(H,38,39). The number of carboxylic acids is 1. The molecule has 42 heavy (non-hydrogen) atoms. The van der Waals surface area contributed by atoms with Crippen LogP contribution in [0.15, 0.2) is 42.5 Å². The van der Waals surface area contributed by atoms with Gasteiger partial charge >= 0.3 is 12.0 Å². The van der Waals surface area contributed by atoms with Gasteiger partial charge in [-0.1, -0.05) is 69.9 Å². The SMILES string of the molecule is CCCC(NC(=O)N1C(=O)C(CC)(CC)C1Oc1ccc(C(=O)O)c(CCCCCCN(C)C)c1)c1ccc(C)cc1. The molecule has 1 aliphatic rings. The van der Waals surface area contributed by atoms with E-state index in [1.807, 2.05) is 45.0 Å². The van der Waals surface area contributed by atoms with Gasteiger partial charge in [0.2, 0.25) is 5.91 Å². The Morgan fingerprint density at radius 1 is 1.02 bits per heavy atom. The topological polar surface area (TPSA) is 99.2 Å². The number of carboxylic acid groups (broad SMARTS) is 1. The Kier molecular flexibility index (Phi) is 12.0. The first kappa shape index (κ1) is 33.1. The number of aromatic carboxylic acids is 1. The molecule has 0 saturated carbocycles. The van der Waals surface area contributed by atoms with Crippen molar-refractivity contribution in [2.24, 2.45) is 5.41 Å². The van der Waals surface area contributed by atoms with Crippen molar-refractivity contribution < 1.29 is 24.2 Å². The van der Waals surface area contributed by atoms with Crippen LogP contribution in [0, 0.1) is 12.3 Å². The van der Waals surface area contributed by atoms with Crippen molar-refractivity contribution in [1.82, 2.24) is 15.1 Å². The van der Waals surface area contributed by atoms with Crippen molar-refractivity contribution in [2.75, 3.05) is 20.6 Å². The molecular formula is C34H49N3O5. The lowest BCUT2D eigenvalue weighted by Gasteiger charge is -2.53. The minimum atomic E-state index is -0.974. The summed E-state index contributed by atoms with van der Waals surface area (Å²) in [5.74, 6) is -0.749. The van der Waals surface area contributed by atoms with E-state index in [1.165, 1.54) is 4.90 Å². The monoisotopic (exact) mass is 579 g/mol. The first-order valence-corrected chi connectivity index (χ1v) is 15.5. The van der Waals surface area contributed by atoms with Crippen molar-refractivity contribution in [3.05, 3.63) is 64.7 Å². The highest BCUT2D eigenvalue weighted by atomic mass is 16.5. The molecule has 0 aromatic heterocycles. The second-order valence-electron chi connectivity index (χ2n) is 11.8. The molecule has 0 bridgehead atoms. The summed E-state index contributed by atoms with van der Waals surface area (Å²) in [7, 11) is 4.12. The largest absolute Gasteiger partial charge is 0.478 e. The summed E-state index contributed by atoms with van der Waals surface area (Å²) in [6.45, 7) is 9.00. The van der Waals surface area contributed by atoms with Crippen LogP contribution >= 0.6 is 0 Å². The second-order valence-corrected chi connectivity index (χ2v) is 11.8. The van der Waals surface area contributed by atoms with Gasteiger partial charge in [0.25, 0.3) is 0 Å². The molecule has 2 atom stereocenters. The molecule has 2 N–H and O–H groups in total. The molecule has 0 aliphatic carbocycles. The number of rotatable bonds is 16. The highest BCUT2D eigenvalue weighted by Crippen LogP contribution is 2.46. The van der Waals surface area contributed by atoms with E-state index in [2.05, 4.69) is 31.2 Å². The van der Waals surface area contributed by atoms with E-state index < -0.39 is 23.6 Å². The Morgan fingerprint density at radius 3 is 2.29 bits per heavy atom. The lowest BCUT2D eigenvalue weighted by molar-refractivity contribution is -0.191. The Balaban J connectivity index is 1.80. The van der Waals surface area contributed by atoms with Crippen molar-refractivity contribution in [3.8, 4) is 5.75 Å². The third-order valence-electron chi connectivity index (χ3n) is 8.54. The van der Waals surface area contributed by atoms with E-state index in [1.54, 1.807) is 18.2 Å². The molecule has 1 aliphatic heterocycles. The van der Waals surface area contributed by atoms with E-state index in [-0.39, 0.29) is 17.5 Å². The van der Waals surface area contributed by atoms with E-state index in [9.17, 15) is 19.5 Å². The first-order chi connectivity index (χ1) is 20.1. The van der Waals surface area contributed by atoms with Gasteiger partial charge in [0.1, 0.15) is 11.2 Å². The Bertz CT molecular complexity index is 1210. The molecule has 0 radical (unpaired) electrons. The lowest BCUT2D eigenvalue weighted by atomic mass is 9.72. The first-order valence-electron chi connectivity index (χ1n) is 15.5. The maximum Gasteiger partial charge on any atom is 0.335 e. The highest BCUT2D eigenvalue weighted by Gasteiger charge is 2.63. The number of β-lactam (4-membered cyclic amide) rings is 1. The van der Waals surface area contributed by atoms with Crippen LogP contribution in [-0.4, -0.2) is 59.7 Å². The summed E-state index contributed by atoms with van der Waals surface area (Å²) in [4.78, 5) is 42.4. The number of carbonyl (C=O) groups excluding carboxylic acids is 2. The lowest BCUT2D eigenvalue weighted by Crippen LogP contribution is -2.73. The molecule has 1 fully saturated rings. The van der Waals surface area contributed by atoms with Crippen LogP contribution < -0.4 is 10.1 Å². The molecule has 2 aromatic rings. The summed E-state index contributed by atoms with van der Waals surface area (Å²) < 4.78 is 6.41. The van der Waals surface area contributed by atoms with Crippen LogP contribution in [-0.2, 0) is 11.2 Å². The van der Waals surface area contributed by atoms with E-state index in [0.717, 1.165) is 56.2 Å². The summed E-state index contributed by atoms with van der Waals surface area (Å²) in [5, 5.41) is 12.9. The second kappa shape index (κ2) is 15.2.